The predicted molar refractivity (Wildman–Crippen MR) is 86.8 cm³/mol. The lowest BCUT2D eigenvalue weighted by molar-refractivity contribution is 0.287. The van der Waals surface area contributed by atoms with Gasteiger partial charge in [-0.3, -0.25) is 4.18 Å². The summed E-state index contributed by atoms with van der Waals surface area (Å²) in [5.74, 6) is 1.35. The van der Waals surface area contributed by atoms with Gasteiger partial charge < -0.3 is 0 Å². The molecule has 0 aliphatic heterocycles. The van der Waals surface area contributed by atoms with Crippen LogP contribution in [0, 0.1) is 18.8 Å². The van der Waals surface area contributed by atoms with Gasteiger partial charge in [-0.05, 0) is 50.2 Å². The van der Waals surface area contributed by atoms with Crippen LogP contribution in [-0.4, -0.2) is 15.0 Å². The second-order valence-electron chi connectivity index (χ2n) is 6.09. The summed E-state index contributed by atoms with van der Waals surface area (Å²) in [7, 11) is -3.60. The fourth-order valence-electron chi connectivity index (χ4n) is 2.34. The van der Waals surface area contributed by atoms with E-state index in [0.29, 0.717) is 5.92 Å². The van der Waals surface area contributed by atoms with Crippen molar-refractivity contribution in [1.82, 2.24) is 0 Å². The average molecular weight is 312 g/mol. The Bertz CT molecular complexity index is 505. The monoisotopic (exact) mass is 312 g/mol. The molecule has 21 heavy (non-hydrogen) atoms. The van der Waals surface area contributed by atoms with Gasteiger partial charge in [0.25, 0.3) is 10.1 Å². The molecule has 0 aromatic heterocycles. The fraction of sp³-hybridized carbons (Fsp3) is 0.647. The van der Waals surface area contributed by atoms with E-state index in [9.17, 15) is 8.42 Å². The highest BCUT2D eigenvalue weighted by Gasteiger charge is 2.15. The van der Waals surface area contributed by atoms with Crippen molar-refractivity contribution in [3.8, 4) is 0 Å². The Morgan fingerprint density at radius 3 is 2.29 bits per heavy atom. The van der Waals surface area contributed by atoms with Crippen LogP contribution in [0.4, 0.5) is 0 Å². The molecule has 1 aromatic rings. The summed E-state index contributed by atoms with van der Waals surface area (Å²) in [4.78, 5) is 0.237. The smallest absolute Gasteiger partial charge is 0.266 e. The third-order valence-corrected chi connectivity index (χ3v) is 5.22. The molecule has 0 saturated heterocycles. The molecule has 0 fully saturated rings. The maximum atomic E-state index is 12.0. The maximum absolute atomic E-state index is 12.0. The molecule has 0 amide bonds. The minimum atomic E-state index is -3.60. The summed E-state index contributed by atoms with van der Waals surface area (Å²) in [5, 5.41) is 0. The maximum Gasteiger partial charge on any atom is 0.296 e. The quantitative estimate of drug-likeness (QED) is 0.496. The predicted octanol–water partition coefficient (Wildman–Crippen LogP) is 4.55. The van der Waals surface area contributed by atoms with E-state index in [-0.39, 0.29) is 11.5 Å². The Kier molecular flexibility index (Phi) is 7.40. The van der Waals surface area contributed by atoms with Crippen molar-refractivity contribution in [1.29, 1.82) is 0 Å². The van der Waals surface area contributed by atoms with Crippen LogP contribution >= 0.6 is 0 Å². The molecule has 0 aliphatic rings. The van der Waals surface area contributed by atoms with E-state index in [4.69, 9.17) is 4.18 Å². The van der Waals surface area contributed by atoms with E-state index in [1.54, 1.807) is 24.3 Å². The molecular weight excluding hydrogens is 284 g/mol. The summed E-state index contributed by atoms with van der Waals surface area (Å²) >= 11 is 0. The van der Waals surface area contributed by atoms with E-state index in [2.05, 4.69) is 20.8 Å². The van der Waals surface area contributed by atoms with Crippen LogP contribution in [0.15, 0.2) is 29.2 Å². The van der Waals surface area contributed by atoms with Gasteiger partial charge in [0.1, 0.15) is 0 Å². The van der Waals surface area contributed by atoms with Crippen molar-refractivity contribution in [2.24, 2.45) is 11.8 Å². The number of hydrogen-bond donors (Lipinski definition) is 0. The number of rotatable bonds is 9. The van der Waals surface area contributed by atoms with Crippen LogP contribution in [0.25, 0.3) is 0 Å². The van der Waals surface area contributed by atoms with Gasteiger partial charge in [-0.15, -0.1) is 0 Å². The van der Waals surface area contributed by atoms with Gasteiger partial charge in [-0.1, -0.05) is 44.9 Å². The molecule has 0 heterocycles. The highest BCUT2D eigenvalue weighted by molar-refractivity contribution is 7.86. The van der Waals surface area contributed by atoms with Crippen molar-refractivity contribution < 1.29 is 12.6 Å². The van der Waals surface area contributed by atoms with Crippen molar-refractivity contribution >= 4 is 10.1 Å². The van der Waals surface area contributed by atoms with Crippen LogP contribution in [-0.2, 0) is 14.3 Å². The normalized spacial score (nSPS) is 14.9. The minimum Gasteiger partial charge on any atom is -0.266 e. The largest absolute Gasteiger partial charge is 0.296 e. The first-order valence-electron chi connectivity index (χ1n) is 7.81. The Labute approximate surface area is 129 Å². The Hall–Kier alpha value is -0.870. The number of benzene rings is 1. The Morgan fingerprint density at radius 2 is 1.71 bits per heavy atom. The number of hydrogen-bond acceptors (Lipinski definition) is 3. The van der Waals surface area contributed by atoms with E-state index < -0.39 is 10.1 Å². The second-order valence-corrected chi connectivity index (χ2v) is 7.70. The zero-order valence-electron chi connectivity index (χ0n) is 13.6. The summed E-state index contributed by atoms with van der Waals surface area (Å²) in [6.07, 6.45) is 4.18. The lowest BCUT2D eigenvalue weighted by Crippen LogP contribution is -2.09. The van der Waals surface area contributed by atoms with Gasteiger partial charge >= 0.3 is 0 Å². The van der Waals surface area contributed by atoms with Gasteiger partial charge in [0, 0.05) is 0 Å². The molecule has 3 nitrogen and oxygen atoms in total. The topological polar surface area (TPSA) is 43.4 Å². The Morgan fingerprint density at radius 1 is 1.10 bits per heavy atom. The lowest BCUT2D eigenvalue weighted by Gasteiger charge is -2.15. The van der Waals surface area contributed by atoms with E-state index in [0.717, 1.165) is 24.3 Å². The molecule has 0 N–H and O–H groups in total. The standard InChI is InChI=1S/C17H28O3S/c1-5-14(2)13-16(4)7-6-12-20-21(18,19)17-10-8-15(3)9-11-17/h8-11,14,16H,5-7,12-13H2,1-4H3/t14-,16-/m0/s1. The van der Waals surface area contributed by atoms with Crippen LogP contribution in [0.2, 0.25) is 0 Å². The molecule has 0 spiro atoms. The number of aryl methyl sites for hydroxylation is 1. The first-order valence-corrected chi connectivity index (χ1v) is 9.22. The van der Waals surface area contributed by atoms with Crippen LogP contribution in [0.5, 0.6) is 0 Å². The molecular formula is C17H28O3S. The molecule has 2 atom stereocenters. The van der Waals surface area contributed by atoms with Gasteiger partial charge in [-0.2, -0.15) is 8.42 Å². The fourth-order valence-corrected chi connectivity index (χ4v) is 3.29. The summed E-state index contributed by atoms with van der Waals surface area (Å²) in [6, 6.07) is 6.75. The van der Waals surface area contributed by atoms with Crippen LogP contribution in [0.3, 0.4) is 0 Å². The summed E-state index contributed by atoms with van der Waals surface area (Å²) in [6.45, 7) is 8.88. The molecule has 4 heteroatoms. The molecule has 0 bridgehead atoms. The van der Waals surface area contributed by atoms with E-state index in [1.165, 1.54) is 12.8 Å². The average Bonchev–Trinajstić information content (AvgIpc) is 2.44. The third-order valence-electron chi connectivity index (χ3n) is 3.89. The second kappa shape index (κ2) is 8.54. The van der Waals surface area contributed by atoms with Crippen LogP contribution < -0.4 is 0 Å². The lowest BCUT2D eigenvalue weighted by atomic mass is 9.92. The molecule has 0 aliphatic carbocycles. The van der Waals surface area contributed by atoms with Gasteiger partial charge in [0.05, 0.1) is 11.5 Å². The van der Waals surface area contributed by atoms with Gasteiger partial charge in [0.15, 0.2) is 0 Å². The SMILES string of the molecule is CC[C@H](C)C[C@@H](C)CCCOS(=O)(=O)c1ccc(C)cc1. The van der Waals surface area contributed by atoms with E-state index >= 15 is 0 Å². The molecule has 0 saturated carbocycles. The van der Waals surface area contributed by atoms with Crippen molar-refractivity contribution in [3.05, 3.63) is 29.8 Å². The zero-order chi connectivity index (χ0) is 15.9. The molecule has 0 radical (unpaired) electrons. The summed E-state index contributed by atoms with van der Waals surface area (Å²) in [5.41, 5.74) is 1.04. The van der Waals surface area contributed by atoms with Gasteiger partial charge in [-0.25, -0.2) is 0 Å². The summed E-state index contributed by atoms with van der Waals surface area (Å²) < 4.78 is 29.1. The molecule has 0 unspecified atom stereocenters. The van der Waals surface area contributed by atoms with Gasteiger partial charge in [0.2, 0.25) is 0 Å². The first kappa shape index (κ1) is 18.2. The molecule has 120 valence electrons. The van der Waals surface area contributed by atoms with Crippen molar-refractivity contribution in [3.63, 3.8) is 0 Å². The minimum absolute atomic E-state index is 0.237. The van der Waals surface area contributed by atoms with Crippen molar-refractivity contribution in [2.75, 3.05) is 6.61 Å². The van der Waals surface area contributed by atoms with Crippen molar-refractivity contribution in [2.45, 2.75) is 58.3 Å². The van der Waals surface area contributed by atoms with E-state index in [1.807, 2.05) is 6.92 Å². The molecule has 1 aromatic carbocycles. The zero-order valence-corrected chi connectivity index (χ0v) is 14.4. The first-order chi connectivity index (χ1) is 9.85. The highest BCUT2D eigenvalue weighted by Crippen LogP contribution is 2.19. The molecule has 1 rings (SSSR count). The van der Waals surface area contributed by atoms with Crippen LogP contribution in [0.1, 0.15) is 52.0 Å². The third kappa shape index (κ3) is 6.62. The highest BCUT2D eigenvalue weighted by atomic mass is 32.2. The Balaban J connectivity index is 2.36.